The van der Waals surface area contributed by atoms with Gasteiger partial charge in [-0.05, 0) is 48.4 Å². The van der Waals surface area contributed by atoms with E-state index in [4.69, 9.17) is 16.3 Å². The van der Waals surface area contributed by atoms with Crippen LogP contribution in [-0.4, -0.2) is 18.7 Å². The minimum atomic E-state index is -0.341. The number of carbonyl (C=O) groups excluding carboxylic acids is 1. The molecule has 0 unspecified atom stereocenters. The Bertz CT molecular complexity index is 669. The largest absolute Gasteiger partial charge is 0.494 e. The fraction of sp³-hybridized carbons (Fsp3) is 0.222. The highest BCUT2D eigenvalue weighted by molar-refractivity contribution is 6.33. The maximum Gasteiger partial charge on any atom is 0.272 e. The van der Waals surface area contributed by atoms with Gasteiger partial charge in [-0.15, -0.1) is 0 Å². The smallest absolute Gasteiger partial charge is 0.272 e. The monoisotopic (exact) mass is 330 g/mol. The average molecular weight is 331 g/mol. The third-order valence-electron chi connectivity index (χ3n) is 3.14. The van der Waals surface area contributed by atoms with Crippen LogP contribution in [0, 0.1) is 0 Å². The number of halogens is 1. The summed E-state index contributed by atoms with van der Waals surface area (Å²) in [4.78, 5) is 11.9. The lowest BCUT2D eigenvalue weighted by Gasteiger charge is -2.05. The summed E-state index contributed by atoms with van der Waals surface area (Å²) >= 11 is 5.96. The molecule has 2 rings (SSSR count). The Morgan fingerprint density at radius 2 is 1.96 bits per heavy atom. The van der Waals surface area contributed by atoms with E-state index in [1.54, 1.807) is 30.5 Å². The van der Waals surface area contributed by atoms with Gasteiger partial charge in [-0.1, -0.05) is 37.1 Å². The number of amides is 1. The number of hydrazone groups is 1. The Balaban J connectivity index is 1.88. The van der Waals surface area contributed by atoms with E-state index in [0.717, 1.165) is 30.8 Å². The molecular formula is C18H19ClN2O2. The number of nitrogens with zero attached hydrogens (tertiary/aromatic N) is 1. The van der Waals surface area contributed by atoms with Gasteiger partial charge in [-0.3, -0.25) is 4.79 Å². The lowest BCUT2D eigenvalue weighted by atomic mass is 10.2. The molecule has 1 amide bonds. The highest BCUT2D eigenvalue weighted by Crippen LogP contribution is 2.14. The lowest BCUT2D eigenvalue weighted by Crippen LogP contribution is -2.17. The van der Waals surface area contributed by atoms with Crippen LogP contribution in [0.25, 0.3) is 0 Å². The number of unbranched alkanes of at least 4 members (excludes halogenated alkanes) is 1. The van der Waals surface area contributed by atoms with Crippen molar-refractivity contribution in [1.29, 1.82) is 0 Å². The number of ether oxygens (including phenoxy) is 1. The average Bonchev–Trinajstić information content (AvgIpc) is 2.57. The van der Waals surface area contributed by atoms with Crippen LogP contribution >= 0.6 is 11.6 Å². The summed E-state index contributed by atoms with van der Waals surface area (Å²) in [5.41, 5.74) is 3.72. The highest BCUT2D eigenvalue weighted by atomic mass is 35.5. The maximum absolute atomic E-state index is 11.9. The first kappa shape index (κ1) is 17.0. The van der Waals surface area contributed by atoms with Crippen LogP contribution in [0.5, 0.6) is 5.75 Å². The number of carbonyl (C=O) groups is 1. The molecule has 1 N–H and O–H groups in total. The van der Waals surface area contributed by atoms with Crippen molar-refractivity contribution in [3.63, 3.8) is 0 Å². The Hall–Kier alpha value is -2.33. The summed E-state index contributed by atoms with van der Waals surface area (Å²) in [5.74, 6) is 0.488. The molecule has 0 aliphatic rings. The van der Waals surface area contributed by atoms with Crippen molar-refractivity contribution in [2.75, 3.05) is 6.61 Å². The van der Waals surface area contributed by atoms with Gasteiger partial charge in [-0.25, -0.2) is 5.43 Å². The minimum Gasteiger partial charge on any atom is -0.494 e. The maximum atomic E-state index is 11.9. The SMILES string of the molecule is CCCCOc1ccc(C=NNC(=O)c2ccccc2Cl)cc1. The summed E-state index contributed by atoms with van der Waals surface area (Å²) in [6.07, 6.45) is 3.72. The van der Waals surface area contributed by atoms with Crippen LogP contribution in [0.1, 0.15) is 35.7 Å². The second-order valence-electron chi connectivity index (χ2n) is 4.95. The quantitative estimate of drug-likeness (QED) is 0.468. The van der Waals surface area contributed by atoms with E-state index in [2.05, 4.69) is 17.5 Å². The van der Waals surface area contributed by atoms with Gasteiger partial charge in [0.2, 0.25) is 0 Å². The van der Waals surface area contributed by atoms with E-state index in [-0.39, 0.29) is 5.91 Å². The topological polar surface area (TPSA) is 50.7 Å². The molecule has 120 valence electrons. The predicted molar refractivity (Wildman–Crippen MR) is 93.4 cm³/mol. The Kier molecular flexibility index (Phi) is 6.63. The zero-order chi connectivity index (χ0) is 16.5. The molecule has 0 saturated heterocycles. The summed E-state index contributed by atoms with van der Waals surface area (Å²) in [7, 11) is 0. The molecule has 0 saturated carbocycles. The van der Waals surface area contributed by atoms with E-state index in [9.17, 15) is 4.79 Å². The van der Waals surface area contributed by atoms with E-state index in [0.29, 0.717) is 10.6 Å². The van der Waals surface area contributed by atoms with Gasteiger partial charge in [0, 0.05) is 0 Å². The first-order chi connectivity index (χ1) is 11.2. The van der Waals surface area contributed by atoms with Crippen molar-refractivity contribution in [2.24, 2.45) is 5.10 Å². The fourth-order valence-electron chi connectivity index (χ4n) is 1.86. The van der Waals surface area contributed by atoms with Crippen molar-refractivity contribution < 1.29 is 9.53 Å². The Morgan fingerprint density at radius 3 is 2.65 bits per heavy atom. The van der Waals surface area contributed by atoms with Crippen LogP contribution in [-0.2, 0) is 0 Å². The predicted octanol–water partition coefficient (Wildman–Crippen LogP) is 4.28. The zero-order valence-corrected chi connectivity index (χ0v) is 13.7. The Morgan fingerprint density at radius 1 is 1.22 bits per heavy atom. The summed E-state index contributed by atoms with van der Waals surface area (Å²) < 4.78 is 5.59. The number of hydrogen-bond acceptors (Lipinski definition) is 3. The molecule has 0 aliphatic carbocycles. The third-order valence-corrected chi connectivity index (χ3v) is 3.47. The van der Waals surface area contributed by atoms with Gasteiger partial charge in [-0.2, -0.15) is 5.10 Å². The van der Waals surface area contributed by atoms with Gasteiger partial charge in [0.25, 0.3) is 5.91 Å². The summed E-state index contributed by atoms with van der Waals surface area (Å²) in [5, 5.41) is 4.34. The molecule has 0 fully saturated rings. The highest BCUT2D eigenvalue weighted by Gasteiger charge is 2.07. The van der Waals surface area contributed by atoms with E-state index in [1.165, 1.54) is 0 Å². The molecule has 5 heteroatoms. The van der Waals surface area contributed by atoms with Gasteiger partial charge in [0.1, 0.15) is 5.75 Å². The molecule has 0 spiro atoms. The summed E-state index contributed by atoms with van der Waals surface area (Å²) in [6.45, 7) is 2.84. The molecular weight excluding hydrogens is 312 g/mol. The number of nitrogens with one attached hydrogen (secondary N) is 1. The normalized spacial score (nSPS) is 10.7. The van der Waals surface area contributed by atoms with Gasteiger partial charge < -0.3 is 4.74 Å². The van der Waals surface area contributed by atoms with Gasteiger partial charge in [0.15, 0.2) is 0 Å². The number of benzene rings is 2. The molecule has 4 nitrogen and oxygen atoms in total. The van der Waals surface area contributed by atoms with Crippen molar-refractivity contribution in [3.8, 4) is 5.75 Å². The summed E-state index contributed by atoms with van der Waals surface area (Å²) in [6, 6.07) is 14.4. The molecule has 0 heterocycles. The van der Waals surface area contributed by atoms with Crippen LogP contribution in [0.2, 0.25) is 5.02 Å². The standard InChI is InChI=1S/C18H19ClN2O2/c1-2-3-12-23-15-10-8-14(9-11-15)13-20-21-18(22)16-6-4-5-7-17(16)19/h4-11,13H,2-3,12H2,1H3,(H,21,22). The van der Waals surface area contributed by atoms with Crippen LogP contribution < -0.4 is 10.2 Å². The molecule has 0 atom stereocenters. The van der Waals surface area contributed by atoms with Gasteiger partial charge in [0.05, 0.1) is 23.4 Å². The van der Waals surface area contributed by atoms with Crippen molar-refractivity contribution >= 4 is 23.7 Å². The van der Waals surface area contributed by atoms with Crippen LogP contribution in [0.3, 0.4) is 0 Å². The van der Waals surface area contributed by atoms with Crippen molar-refractivity contribution in [1.82, 2.24) is 5.43 Å². The molecule has 0 bridgehead atoms. The molecule has 0 aliphatic heterocycles. The zero-order valence-electron chi connectivity index (χ0n) is 13.0. The molecule has 0 radical (unpaired) electrons. The fourth-order valence-corrected chi connectivity index (χ4v) is 2.08. The van der Waals surface area contributed by atoms with E-state index >= 15 is 0 Å². The molecule has 2 aromatic rings. The van der Waals surface area contributed by atoms with Gasteiger partial charge >= 0.3 is 0 Å². The third kappa shape index (κ3) is 5.42. The van der Waals surface area contributed by atoms with Crippen LogP contribution in [0.15, 0.2) is 53.6 Å². The first-order valence-corrected chi connectivity index (χ1v) is 7.89. The minimum absolute atomic E-state index is 0.341. The molecule has 0 aromatic heterocycles. The second kappa shape index (κ2) is 8.96. The molecule has 2 aromatic carbocycles. The number of rotatable bonds is 7. The van der Waals surface area contributed by atoms with E-state index in [1.807, 2.05) is 24.3 Å². The Labute approximate surface area is 141 Å². The number of hydrogen-bond donors (Lipinski definition) is 1. The molecule has 23 heavy (non-hydrogen) atoms. The van der Waals surface area contributed by atoms with Crippen LogP contribution in [0.4, 0.5) is 0 Å². The van der Waals surface area contributed by atoms with Crippen molar-refractivity contribution in [3.05, 3.63) is 64.7 Å². The second-order valence-corrected chi connectivity index (χ2v) is 5.36. The van der Waals surface area contributed by atoms with E-state index < -0.39 is 0 Å². The lowest BCUT2D eigenvalue weighted by molar-refractivity contribution is 0.0955. The van der Waals surface area contributed by atoms with Crippen molar-refractivity contribution in [2.45, 2.75) is 19.8 Å². The first-order valence-electron chi connectivity index (χ1n) is 7.51.